The van der Waals surface area contributed by atoms with Crippen LogP contribution >= 0.6 is 0 Å². The molecule has 3 rings (SSSR count). The first kappa shape index (κ1) is 16.1. The smallest absolute Gasteiger partial charge is 0.315 e. The van der Waals surface area contributed by atoms with E-state index in [0.29, 0.717) is 24.2 Å². The van der Waals surface area contributed by atoms with Gasteiger partial charge in [-0.15, -0.1) is 0 Å². The van der Waals surface area contributed by atoms with Crippen molar-refractivity contribution in [3.8, 4) is 5.75 Å². The number of urea groups is 1. The summed E-state index contributed by atoms with van der Waals surface area (Å²) < 4.78 is 24.2. The molecule has 1 aromatic rings. The van der Waals surface area contributed by atoms with Crippen molar-refractivity contribution in [3.63, 3.8) is 0 Å². The summed E-state index contributed by atoms with van der Waals surface area (Å²) in [6.45, 7) is 0.984. The Bertz CT molecular complexity index is 563. The fraction of sp³-hybridized carbons (Fsp3) is 0.588. The molecule has 2 N–H and O–H groups in total. The summed E-state index contributed by atoms with van der Waals surface area (Å²) in [5.74, 6) is 0.459. The van der Waals surface area contributed by atoms with Crippen LogP contribution in [0, 0.1) is 11.7 Å². The lowest BCUT2D eigenvalue weighted by Crippen LogP contribution is -2.46. The minimum Gasteiger partial charge on any atom is -0.494 e. The number of hydrogen-bond acceptors (Lipinski definition) is 3. The Hall–Kier alpha value is -1.82. The van der Waals surface area contributed by atoms with Gasteiger partial charge in [0.15, 0.2) is 11.6 Å². The fourth-order valence-electron chi connectivity index (χ4n) is 2.99. The van der Waals surface area contributed by atoms with Gasteiger partial charge in [-0.2, -0.15) is 0 Å². The average molecular weight is 322 g/mol. The lowest BCUT2D eigenvalue weighted by molar-refractivity contribution is -0.00914. The Morgan fingerprint density at radius 3 is 2.91 bits per heavy atom. The summed E-state index contributed by atoms with van der Waals surface area (Å²) >= 11 is 0. The second kappa shape index (κ2) is 7.17. The number of hydrogen-bond donors (Lipinski definition) is 2. The van der Waals surface area contributed by atoms with Crippen molar-refractivity contribution in [2.75, 3.05) is 13.7 Å². The van der Waals surface area contributed by atoms with Gasteiger partial charge in [0.25, 0.3) is 0 Å². The number of ether oxygens (including phenoxy) is 2. The molecular weight excluding hydrogens is 299 g/mol. The molecule has 1 saturated carbocycles. The molecule has 2 fully saturated rings. The molecule has 2 atom stereocenters. The van der Waals surface area contributed by atoms with E-state index in [-0.39, 0.29) is 24.4 Å². The van der Waals surface area contributed by atoms with Crippen molar-refractivity contribution in [2.24, 2.45) is 5.92 Å². The maximum atomic E-state index is 13.6. The van der Waals surface area contributed by atoms with Gasteiger partial charge in [0, 0.05) is 19.2 Å². The van der Waals surface area contributed by atoms with Crippen molar-refractivity contribution < 1.29 is 18.7 Å². The van der Waals surface area contributed by atoms with Gasteiger partial charge >= 0.3 is 6.03 Å². The standard InChI is InChI=1S/C17H23FN2O3/c1-22-15-5-2-11(8-14(15)18)10-19-17(21)20-13-6-7-23-16(9-13)12-3-4-12/h2,5,8,12-13,16H,3-4,6-7,9-10H2,1H3,(H2,19,20,21). The van der Waals surface area contributed by atoms with Crippen LogP contribution in [0.3, 0.4) is 0 Å². The SMILES string of the molecule is COc1ccc(CNC(=O)NC2CCOC(C3CC3)C2)cc1F. The first-order valence-electron chi connectivity index (χ1n) is 8.14. The Balaban J connectivity index is 1.44. The molecular formula is C17H23FN2O3. The van der Waals surface area contributed by atoms with Crippen molar-refractivity contribution in [2.45, 2.75) is 44.4 Å². The molecule has 0 spiro atoms. The second-order valence-electron chi connectivity index (χ2n) is 6.26. The van der Waals surface area contributed by atoms with Gasteiger partial charge < -0.3 is 20.1 Å². The molecule has 2 unspecified atom stereocenters. The van der Waals surface area contributed by atoms with Gasteiger partial charge in [-0.05, 0) is 49.3 Å². The van der Waals surface area contributed by atoms with E-state index in [1.807, 2.05) is 0 Å². The molecule has 1 aliphatic heterocycles. The third kappa shape index (κ3) is 4.34. The van der Waals surface area contributed by atoms with E-state index >= 15 is 0 Å². The van der Waals surface area contributed by atoms with Crippen LogP contribution in [0.1, 0.15) is 31.2 Å². The van der Waals surface area contributed by atoms with Crippen LogP contribution in [0.4, 0.5) is 9.18 Å². The monoisotopic (exact) mass is 322 g/mol. The first-order chi connectivity index (χ1) is 11.2. The van der Waals surface area contributed by atoms with Crippen molar-refractivity contribution in [3.05, 3.63) is 29.6 Å². The maximum absolute atomic E-state index is 13.6. The molecule has 1 aromatic carbocycles. The van der Waals surface area contributed by atoms with Crippen molar-refractivity contribution >= 4 is 6.03 Å². The number of methoxy groups -OCH3 is 1. The number of nitrogens with one attached hydrogen (secondary N) is 2. The minimum atomic E-state index is -0.427. The summed E-state index contributed by atoms with van der Waals surface area (Å²) in [6.07, 6.45) is 4.51. The maximum Gasteiger partial charge on any atom is 0.315 e. The van der Waals surface area contributed by atoms with E-state index < -0.39 is 5.82 Å². The molecule has 0 radical (unpaired) electrons. The topological polar surface area (TPSA) is 59.6 Å². The van der Waals surface area contributed by atoms with E-state index in [4.69, 9.17) is 9.47 Å². The Kier molecular flexibility index (Phi) is 5.00. The molecule has 23 heavy (non-hydrogen) atoms. The van der Waals surface area contributed by atoms with E-state index in [1.54, 1.807) is 12.1 Å². The number of carbonyl (C=O) groups excluding carboxylic acids is 1. The molecule has 0 aromatic heterocycles. The fourth-order valence-corrected chi connectivity index (χ4v) is 2.99. The number of carbonyl (C=O) groups is 1. The minimum absolute atomic E-state index is 0.155. The third-order valence-corrected chi connectivity index (χ3v) is 4.47. The quantitative estimate of drug-likeness (QED) is 0.876. The Labute approximate surface area is 135 Å². The molecule has 1 aliphatic carbocycles. The largest absolute Gasteiger partial charge is 0.494 e. The predicted octanol–water partition coefficient (Wildman–Crippen LogP) is 2.59. The van der Waals surface area contributed by atoms with Crippen LogP contribution in [0.2, 0.25) is 0 Å². The van der Waals surface area contributed by atoms with E-state index in [0.717, 1.165) is 12.8 Å². The zero-order valence-electron chi connectivity index (χ0n) is 13.3. The van der Waals surface area contributed by atoms with Gasteiger partial charge in [-0.3, -0.25) is 0 Å². The van der Waals surface area contributed by atoms with Crippen LogP contribution in [-0.2, 0) is 11.3 Å². The lowest BCUT2D eigenvalue weighted by atomic mass is 10.0. The zero-order chi connectivity index (χ0) is 16.2. The summed E-state index contributed by atoms with van der Waals surface area (Å²) in [4.78, 5) is 12.0. The normalized spacial score (nSPS) is 24.1. The summed E-state index contributed by atoms with van der Waals surface area (Å²) in [7, 11) is 1.42. The van der Waals surface area contributed by atoms with Gasteiger partial charge in [-0.1, -0.05) is 6.07 Å². The van der Waals surface area contributed by atoms with E-state index in [2.05, 4.69) is 10.6 Å². The average Bonchev–Trinajstić information content (AvgIpc) is 3.38. The van der Waals surface area contributed by atoms with E-state index in [1.165, 1.54) is 26.0 Å². The third-order valence-electron chi connectivity index (χ3n) is 4.47. The number of halogens is 1. The first-order valence-corrected chi connectivity index (χ1v) is 8.14. The van der Waals surface area contributed by atoms with E-state index in [9.17, 15) is 9.18 Å². The highest BCUT2D eigenvalue weighted by molar-refractivity contribution is 5.74. The van der Waals surface area contributed by atoms with Gasteiger partial charge in [0.2, 0.25) is 0 Å². The van der Waals surface area contributed by atoms with Gasteiger partial charge in [0.05, 0.1) is 13.2 Å². The number of benzene rings is 1. The Morgan fingerprint density at radius 1 is 1.39 bits per heavy atom. The molecule has 2 aliphatic rings. The lowest BCUT2D eigenvalue weighted by Gasteiger charge is -2.30. The van der Waals surface area contributed by atoms with Crippen LogP contribution in [-0.4, -0.2) is 31.9 Å². The molecule has 5 nitrogen and oxygen atoms in total. The van der Waals surface area contributed by atoms with Crippen molar-refractivity contribution in [1.29, 1.82) is 0 Å². The van der Waals surface area contributed by atoms with Crippen LogP contribution < -0.4 is 15.4 Å². The molecule has 2 amide bonds. The second-order valence-corrected chi connectivity index (χ2v) is 6.26. The highest BCUT2D eigenvalue weighted by atomic mass is 19.1. The molecule has 1 heterocycles. The van der Waals surface area contributed by atoms with Crippen LogP contribution in [0.25, 0.3) is 0 Å². The van der Waals surface area contributed by atoms with Crippen LogP contribution in [0.5, 0.6) is 5.75 Å². The predicted molar refractivity (Wildman–Crippen MR) is 83.8 cm³/mol. The van der Waals surface area contributed by atoms with Gasteiger partial charge in [-0.25, -0.2) is 9.18 Å². The molecule has 0 bridgehead atoms. The summed E-state index contributed by atoms with van der Waals surface area (Å²) in [5.41, 5.74) is 0.696. The molecule has 6 heteroatoms. The van der Waals surface area contributed by atoms with Crippen LogP contribution in [0.15, 0.2) is 18.2 Å². The summed E-state index contributed by atoms with van der Waals surface area (Å²) in [5, 5.41) is 5.76. The summed E-state index contributed by atoms with van der Waals surface area (Å²) in [6, 6.07) is 4.60. The Morgan fingerprint density at radius 2 is 2.22 bits per heavy atom. The van der Waals surface area contributed by atoms with Crippen molar-refractivity contribution in [1.82, 2.24) is 10.6 Å². The highest BCUT2D eigenvalue weighted by Gasteiger charge is 2.36. The number of amides is 2. The molecule has 126 valence electrons. The van der Waals surface area contributed by atoms with Gasteiger partial charge in [0.1, 0.15) is 0 Å². The zero-order valence-corrected chi connectivity index (χ0v) is 13.3. The number of rotatable bonds is 5. The highest BCUT2D eigenvalue weighted by Crippen LogP contribution is 2.38. The molecule has 1 saturated heterocycles.